The number of nitrogens with one attached hydrogen (secondary N) is 1. The van der Waals surface area contributed by atoms with Crippen molar-refractivity contribution in [2.75, 3.05) is 11.9 Å². The molecule has 144 valence electrons. The van der Waals surface area contributed by atoms with Crippen LogP contribution in [-0.4, -0.2) is 45.3 Å². The molecule has 0 aliphatic carbocycles. The SMILES string of the molecule is CC(C)CN1C(=O)c2ccc(C(=O)Nc3ccc(C(=O)O)cc3O)cc2C1=O. The number of benzene rings is 2. The van der Waals surface area contributed by atoms with Gasteiger partial charge in [0.1, 0.15) is 5.75 Å². The van der Waals surface area contributed by atoms with Gasteiger partial charge < -0.3 is 15.5 Å². The van der Waals surface area contributed by atoms with Gasteiger partial charge in [0.05, 0.1) is 22.4 Å². The Morgan fingerprint density at radius 3 is 2.25 bits per heavy atom. The summed E-state index contributed by atoms with van der Waals surface area (Å²) in [5, 5.41) is 21.3. The maximum atomic E-state index is 12.5. The lowest BCUT2D eigenvalue weighted by Crippen LogP contribution is -2.33. The van der Waals surface area contributed by atoms with Crippen LogP contribution in [-0.2, 0) is 0 Å². The standard InChI is InChI=1S/C20H18N2O6/c1-10(2)9-22-18(25)13-5-3-11(7-14(13)19(22)26)17(24)21-15-6-4-12(20(27)28)8-16(15)23/h3-8,10,23H,9H2,1-2H3,(H,21,24)(H,27,28). The van der Waals surface area contributed by atoms with Gasteiger partial charge in [-0.3, -0.25) is 19.3 Å². The Morgan fingerprint density at radius 1 is 1.00 bits per heavy atom. The number of carboxylic acid groups (broad SMARTS) is 1. The van der Waals surface area contributed by atoms with E-state index in [1.54, 1.807) is 0 Å². The minimum atomic E-state index is -1.21. The van der Waals surface area contributed by atoms with Crippen LogP contribution in [0.4, 0.5) is 5.69 Å². The molecule has 0 saturated heterocycles. The summed E-state index contributed by atoms with van der Waals surface area (Å²) in [4.78, 5) is 49.4. The molecule has 3 amide bonds. The number of aromatic hydroxyl groups is 1. The van der Waals surface area contributed by atoms with Crippen LogP contribution >= 0.6 is 0 Å². The molecule has 0 fully saturated rings. The number of amides is 3. The normalized spacial score (nSPS) is 13.0. The maximum Gasteiger partial charge on any atom is 0.335 e. The van der Waals surface area contributed by atoms with Gasteiger partial charge in [-0.2, -0.15) is 0 Å². The van der Waals surface area contributed by atoms with E-state index in [1.807, 2.05) is 13.8 Å². The number of phenolic OH excluding ortho intramolecular Hbond substituents is 1. The summed E-state index contributed by atoms with van der Waals surface area (Å²) in [6, 6.07) is 7.72. The Morgan fingerprint density at radius 2 is 1.64 bits per heavy atom. The fourth-order valence-electron chi connectivity index (χ4n) is 2.93. The molecule has 3 rings (SSSR count). The van der Waals surface area contributed by atoms with Crippen molar-refractivity contribution >= 4 is 29.4 Å². The van der Waals surface area contributed by atoms with Crippen LogP contribution in [0.2, 0.25) is 0 Å². The molecule has 0 aromatic heterocycles. The summed E-state index contributed by atoms with van der Waals surface area (Å²) in [5.74, 6) is -2.94. The van der Waals surface area contributed by atoms with E-state index in [4.69, 9.17) is 5.11 Å². The lowest BCUT2D eigenvalue weighted by atomic mass is 10.1. The number of anilines is 1. The zero-order chi connectivity index (χ0) is 20.6. The number of carbonyl (C=O) groups excluding carboxylic acids is 3. The van der Waals surface area contributed by atoms with Crippen molar-refractivity contribution in [1.82, 2.24) is 4.90 Å². The van der Waals surface area contributed by atoms with Gasteiger partial charge in [-0.15, -0.1) is 0 Å². The van der Waals surface area contributed by atoms with Crippen molar-refractivity contribution in [2.45, 2.75) is 13.8 Å². The van der Waals surface area contributed by atoms with E-state index in [0.717, 1.165) is 11.0 Å². The van der Waals surface area contributed by atoms with Gasteiger partial charge in [-0.05, 0) is 42.3 Å². The first-order valence-corrected chi connectivity index (χ1v) is 8.57. The van der Waals surface area contributed by atoms with Crippen molar-refractivity contribution in [2.24, 2.45) is 5.92 Å². The highest BCUT2D eigenvalue weighted by molar-refractivity contribution is 6.22. The predicted octanol–water partition coefficient (Wildman–Crippen LogP) is 2.59. The average Bonchev–Trinajstić information content (AvgIpc) is 2.87. The molecule has 1 heterocycles. The number of hydrogen-bond donors (Lipinski definition) is 3. The van der Waals surface area contributed by atoms with E-state index in [0.29, 0.717) is 0 Å². The van der Waals surface area contributed by atoms with Gasteiger partial charge in [0.2, 0.25) is 0 Å². The minimum Gasteiger partial charge on any atom is -0.506 e. The van der Waals surface area contributed by atoms with Crippen molar-refractivity contribution in [1.29, 1.82) is 0 Å². The number of carboxylic acids is 1. The molecule has 8 heteroatoms. The first-order valence-electron chi connectivity index (χ1n) is 8.57. The third-order valence-electron chi connectivity index (χ3n) is 4.27. The second kappa shape index (κ2) is 7.15. The van der Waals surface area contributed by atoms with Crippen LogP contribution < -0.4 is 5.32 Å². The monoisotopic (exact) mass is 382 g/mol. The van der Waals surface area contributed by atoms with Crippen molar-refractivity contribution in [3.63, 3.8) is 0 Å². The largest absolute Gasteiger partial charge is 0.506 e. The number of carbonyl (C=O) groups is 4. The molecule has 0 atom stereocenters. The molecular formula is C20H18N2O6. The van der Waals surface area contributed by atoms with Gasteiger partial charge in [0.25, 0.3) is 17.7 Å². The van der Waals surface area contributed by atoms with Crippen molar-refractivity contribution in [3.05, 3.63) is 58.7 Å². The lowest BCUT2D eigenvalue weighted by molar-refractivity contribution is 0.0633. The quantitative estimate of drug-likeness (QED) is 0.539. The van der Waals surface area contributed by atoms with Gasteiger partial charge in [0, 0.05) is 12.1 Å². The maximum absolute atomic E-state index is 12.5. The van der Waals surface area contributed by atoms with Gasteiger partial charge >= 0.3 is 5.97 Å². The molecule has 2 aromatic rings. The van der Waals surface area contributed by atoms with Crippen LogP contribution in [0, 0.1) is 5.92 Å². The summed E-state index contributed by atoms with van der Waals surface area (Å²) >= 11 is 0. The van der Waals surface area contributed by atoms with Crippen LogP contribution in [0.25, 0.3) is 0 Å². The van der Waals surface area contributed by atoms with E-state index in [2.05, 4.69) is 5.32 Å². The number of aromatic carboxylic acids is 1. The first-order chi connectivity index (χ1) is 13.2. The number of phenols is 1. The van der Waals surface area contributed by atoms with Gasteiger partial charge in [-0.25, -0.2) is 4.79 Å². The van der Waals surface area contributed by atoms with E-state index in [1.165, 1.54) is 30.3 Å². The van der Waals surface area contributed by atoms with E-state index in [-0.39, 0.29) is 46.3 Å². The molecule has 0 unspecified atom stereocenters. The first kappa shape index (κ1) is 19.1. The van der Waals surface area contributed by atoms with Crippen molar-refractivity contribution in [3.8, 4) is 5.75 Å². The van der Waals surface area contributed by atoms with Crippen LogP contribution in [0.15, 0.2) is 36.4 Å². The van der Waals surface area contributed by atoms with E-state index < -0.39 is 23.5 Å². The fourth-order valence-corrected chi connectivity index (χ4v) is 2.93. The zero-order valence-electron chi connectivity index (χ0n) is 15.2. The lowest BCUT2D eigenvalue weighted by Gasteiger charge is -2.15. The van der Waals surface area contributed by atoms with Crippen molar-refractivity contribution < 1.29 is 29.4 Å². The fraction of sp³-hybridized carbons (Fsp3) is 0.200. The zero-order valence-corrected chi connectivity index (χ0v) is 15.2. The summed E-state index contributed by atoms with van der Waals surface area (Å²) in [6.45, 7) is 4.08. The average molecular weight is 382 g/mol. The number of nitrogens with zero attached hydrogens (tertiary/aromatic N) is 1. The number of imide groups is 1. The third kappa shape index (κ3) is 3.44. The summed E-state index contributed by atoms with van der Waals surface area (Å²) < 4.78 is 0. The molecule has 0 saturated carbocycles. The summed E-state index contributed by atoms with van der Waals surface area (Å²) in [5.41, 5.74) is 0.439. The number of fused-ring (bicyclic) bond motifs is 1. The summed E-state index contributed by atoms with van der Waals surface area (Å²) in [6.07, 6.45) is 0. The predicted molar refractivity (Wildman–Crippen MR) is 99.7 cm³/mol. The molecule has 0 radical (unpaired) electrons. The molecule has 3 N–H and O–H groups in total. The summed E-state index contributed by atoms with van der Waals surface area (Å²) in [7, 11) is 0. The number of rotatable bonds is 5. The molecule has 1 aliphatic rings. The Hall–Kier alpha value is -3.68. The molecule has 2 aromatic carbocycles. The number of hydrogen-bond acceptors (Lipinski definition) is 5. The molecule has 8 nitrogen and oxygen atoms in total. The highest BCUT2D eigenvalue weighted by atomic mass is 16.4. The second-order valence-corrected chi connectivity index (χ2v) is 6.87. The Labute approximate surface area is 160 Å². The molecular weight excluding hydrogens is 364 g/mol. The molecule has 1 aliphatic heterocycles. The highest BCUT2D eigenvalue weighted by Gasteiger charge is 2.36. The van der Waals surface area contributed by atoms with E-state index in [9.17, 15) is 24.3 Å². The second-order valence-electron chi connectivity index (χ2n) is 6.87. The minimum absolute atomic E-state index is 0.0272. The van der Waals surface area contributed by atoms with Crippen LogP contribution in [0.5, 0.6) is 5.75 Å². The highest BCUT2D eigenvalue weighted by Crippen LogP contribution is 2.27. The Kier molecular flexibility index (Phi) is 4.87. The Balaban J connectivity index is 1.84. The third-order valence-corrected chi connectivity index (χ3v) is 4.27. The van der Waals surface area contributed by atoms with Gasteiger partial charge in [0.15, 0.2) is 0 Å². The van der Waals surface area contributed by atoms with Crippen LogP contribution in [0.1, 0.15) is 55.3 Å². The van der Waals surface area contributed by atoms with Crippen LogP contribution in [0.3, 0.4) is 0 Å². The Bertz CT molecular complexity index is 1010. The smallest absolute Gasteiger partial charge is 0.335 e. The van der Waals surface area contributed by atoms with Gasteiger partial charge in [-0.1, -0.05) is 13.8 Å². The molecule has 0 bridgehead atoms. The molecule has 28 heavy (non-hydrogen) atoms. The molecule has 0 spiro atoms. The van der Waals surface area contributed by atoms with E-state index >= 15 is 0 Å². The topological polar surface area (TPSA) is 124 Å².